The molecule has 0 saturated carbocycles. The topological polar surface area (TPSA) is 84.3 Å². The average Bonchev–Trinajstić information content (AvgIpc) is 3.48. The Hall–Kier alpha value is -2.20. The molecule has 0 unspecified atom stereocenters. The molecule has 1 saturated heterocycles. The van der Waals surface area contributed by atoms with Crippen molar-refractivity contribution >= 4 is 38.9 Å². The Kier molecular flexibility index (Phi) is 6.44. The first-order chi connectivity index (χ1) is 15.2. The fourth-order valence-electron chi connectivity index (χ4n) is 3.81. The summed E-state index contributed by atoms with van der Waals surface area (Å²) >= 11 is 7.46. The van der Waals surface area contributed by atoms with Gasteiger partial charge in [-0.1, -0.05) is 29.8 Å². The molecule has 0 bridgehead atoms. The van der Waals surface area contributed by atoms with Crippen LogP contribution in [0, 0.1) is 13.8 Å². The normalized spacial score (nSPS) is 14.3. The molecule has 3 heterocycles. The van der Waals surface area contributed by atoms with Gasteiger partial charge in [-0.15, -0.1) is 11.3 Å². The maximum absolute atomic E-state index is 13.0. The van der Waals surface area contributed by atoms with Crippen LogP contribution in [0.3, 0.4) is 0 Å². The predicted molar refractivity (Wildman–Crippen MR) is 127 cm³/mol. The van der Waals surface area contributed by atoms with Crippen LogP contribution in [0.1, 0.15) is 39.5 Å². The minimum absolute atomic E-state index is 0.00364. The number of carbonyl (C=O) groups excluding carboxylic acids is 1. The smallest absolute Gasteiger partial charge is 0.265 e. The van der Waals surface area contributed by atoms with Crippen molar-refractivity contribution in [2.75, 3.05) is 13.1 Å². The second-order valence-electron chi connectivity index (χ2n) is 7.89. The van der Waals surface area contributed by atoms with Crippen LogP contribution < -0.4 is 4.72 Å². The predicted octanol–water partition coefficient (Wildman–Crippen LogP) is 4.13. The van der Waals surface area contributed by atoms with Gasteiger partial charge >= 0.3 is 0 Å². The maximum Gasteiger partial charge on any atom is 0.265 e. The summed E-state index contributed by atoms with van der Waals surface area (Å²) in [4.78, 5) is 20.1. The molecule has 2 aromatic heterocycles. The van der Waals surface area contributed by atoms with Crippen molar-refractivity contribution in [3.63, 3.8) is 0 Å². The molecule has 1 aromatic carbocycles. The van der Waals surface area contributed by atoms with Crippen LogP contribution in [0.15, 0.2) is 35.2 Å². The van der Waals surface area contributed by atoms with Crippen LogP contribution in [0.2, 0.25) is 5.02 Å². The highest BCUT2D eigenvalue weighted by atomic mass is 35.5. The van der Waals surface area contributed by atoms with Crippen molar-refractivity contribution < 1.29 is 13.2 Å². The highest BCUT2D eigenvalue weighted by molar-refractivity contribution is 7.89. The number of sulfonamides is 1. The van der Waals surface area contributed by atoms with E-state index in [0.717, 1.165) is 25.9 Å². The summed E-state index contributed by atoms with van der Waals surface area (Å²) in [5.41, 5.74) is 2.62. The molecule has 0 radical (unpaired) electrons. The van der Waals surface area contributed by atoms with E-state index in [0.29, 0.717) is 37.6 Å². The van der Waals surface area contributed by atoms with Gasteiger partial charge in [0.2, 0.25) is 10.0 Å². The number of aromatic nitrogens is 2. The van der Waals surface area contributed by atoms with Crippen molar-refractivity contribution in [3.05, 3.63) is 57.2 Å². The quantitative estimate of drug-likeness (QED) is 0.560. The largest absolute Gasteiger partial charge is 0.345 e. The van der Waals surface area contributed by atoms with Gasteiger partial charge in [-0.25, -0.2) is 18.1 Å². The third kappa shape index (κ3) is 4.34. The second kappa shape index (κ2) is 8.97. The Labute approximate surface area is 197 Å². The van der Waals surface area contributed by atoms with Crippen molar-refractivity contribution in [3.8, 4) is 10.7 Å². The maximum atomic E-state index is 13.0. The first kappa shape index (κ1) is 23.0. The van der Waals surface area contributed by atoms with Crippen molar-refractivity contribution in [1.82, 2.24) is 19.2 Å². The van der Waals surface area contributed by atoms with E-state index in [-0.39, 0.29) is 17.3 Å². The number of hydrogen-bond acceptors (Lipinski definition) is 5. The van der Waals surface area contributed by atoms with E-state index in [1.54, 1.807) is 42.8 Å². The molecule has 1 aliphatic heterocycles. The molecule has 32 heavy (non-hydrogen) atoms. The van der Waals surface area contributed by atoms with E-state index in [1.165, 1.54) is 11.3 Å². The Morgan fingerprint density at radius 2 is 1.91 bits per heavy atom. The first-order valence-corrected chi connectivity index (χ1v) is 13.0. The van der Waals surface area contributed by atoms with Gasteiger partial charge in [0.1, 0.15) is 14.8 Å². The SMILES string of the molecule is Cc1nc(-c2cc(S(=O)(=O)NCc3ccccc3Cl)c(C)n2C)sc1C(=O)N1CCCC1. The van der Waals surface area contributed by atoms with E-state index < -0.39 is 10.0 Å². The van der Waals surface area contributed by atoms with Gasteiger partial charge in [-0.05, 0) is 44.4 Å². The number of nitrogens with one attached hydrogen (secondary N) is 1. The summed E-state index contributed by atoms with van der Waals surface area (Å²) in [6.45, 7) is 5.21. The first-order valence-electron chi connectivity index (χ1n) is 10.4. The number of benzene rings is 1. The van der Waals surface area contributed by atoms with Gasteiger partial charge in [0.05, 0.1) is 11.4 Å². The summed E-state index contributed by atoms with van der Waals surface area (Å²) in [7, 11) is -1.97. The van der Waals surface area contributed by atoms with Crippen molar-refractivity contribution in [1.29, 1.82) is 0 Å². The summed E-state index contributed by atoms with van der Waals surface area (Å²) in [5, 5.41) is 1.14. The highest BCUT2D eigenvalue weighted by Crippen LogP contribution is 2.33. The van der Waals surface area contributed by atoms with Crippen molar-refractivity contribution in [2.24, 2.45) is 7.05 Å². The number of rotatable bonds is 6. The molecule has 1 fully saturated rings. The third-order valence-corrected chi connectivity index (χ3v) is 8.85. The van der Waals surface area contributed by atoms with Gasteiger partial charge < -0.3 is 9.47 Å². The number of halogens is 1. The molecule has 1 aliphatic rings. The highest BCUT2D eigenvalue weighted by Gasteiger charge is 2.27. The number of hydrogen-bond donors (Lipinski definition) is 1. The molecular weight excluding hydrogens is 468 g/mol. The summed E-state index contributed by atoms with van der Waals surface area (Å²) in [6, 6.07) is 8.74. The Bertz CT molecular complexity index is 1270. The van der Waals surface area contributed by atoms with E-state index in [9.17, 15) is 13.2 Å². The lowest BCUT2D eigenvalue weighted by atomic mass is 10.2. The molecule has 170 valence electrons. The number of likely N-dealkylation sites (tertiary alicyclic amines) is 1. The lowest BCUT2D eigenvalue weighted by Crippen LogP contribution is -2.27. The zero-order chi connectivity index (χ0) is 23.0. The number of nitrogens with zero attached hydrogens (tertiary/aromatic N) is 3. The van der Waals surface area contributed by atoms with Crippen LogP contribution in [0.5, 0.6) is 0 Å². The van der Waals surface area contributed by atoms with Gasteiger partial charge in [-0.2, -0.15) is 0 Å². The fraction of sp³-hybridized carbons (Fsp3) is 0.364. The third-order valence-electron chi connectivity index (χ3n) is 5.79. The van der Waals surface area contributed by atoms with Crippen LogP contribution >= 0.6 is 22.9 Å². The van der Waals surface area contributed by atoms with Crippen molar-refractivity contribution in [2.45, 2.75) is 38.1 Å². The van der Waals surface area contributed by atoms with Gasteiger partial charge in [0, 0.05) is 37.4 Å². The molecule has 7 nitrogen and oxygen atoms in total. The number of thiazole rings is 1. The van der Waals surface area contributed by atoms with Crippen LogP contribution in [-0.2, 0) is 23.6 Å². The molecule has 4 rings (SSSR count). The molecule has 0 aliphatic carbocycles. The van der Waals surface area contributed by atoms with E-state index in [4.69, 9.17) is 11.6 Å². The molecule has 10 heteroatoms. The van der Waals surface area contributed by atoms with Crippen LogP contribution in [0.4, 0.5) is 0 Å². The standard InChI is InChI=1S/C22H25ClN4O3S2/c1-14-20(22(28)27-10-6-7-11-27)31-21(25-14)18-12-19(15(2)26(18)3)32(29,30)24-13-16-8-4-5-9-17(16)23/h4-5,8-9,12,24H,6-7,10-11,13H2,1-3H3. The van der Waals surface area contributed by atoms with Gasteiger partial charge in [0.15, 0.2) is 0 Å². The molecular formula is C22H25ClN4O3S2. The number of carbonyl (C=O) groups is 1. The minimum atomic E-state index is -3.78. The van der Waals surface area contributed by atoms with E-state index in [1.807, 2.05) is 17.9 Å². The van der Waals surface area contributed by atoms with Gasteiger partial charge in [0.25, 0.3) is 5.91 Å². The van der Waals surface area contributed by atoms with Gasteiger partial charge in [-0.3, -0.25) is 4.79 Å². The Morgan fingerprint density at radius 3 is 2.59 bits per heavy atom. The van der Waals surface area contributed by atoms with Crippen LogP contribution in [-0.4, -0.2) is 41.9 Å². The Balaban J connectivity index is 1.62. The molecule has 1 amide bonds. The number of amides is 1. The Morgan fingerprint density at radius 1 is 1.22 bits per heavy atom. The summed E-state index contributed by atoms with van der Waals surface area (Å²) < 4.78 is 30.5. The summed E-state index contributed by atoms with van der Waals surface area (Å²) in [5.74, 6) is 0.00364. The second-order valence-corrected chi connectivity index (χ2v) is 11.0. The fourth-order valence-corrected chi connectivity index (χ4v) is 6.39. The monoisotopic (exact) mass is 492 g/mol. The molecule has 3 aromatic rings. The molecule has 0 atom stereocenters. The van der Waals surface area contributed by atoms with E-state index >= 15 is 0 Å². The number of aryl methyl sites for hydroxylation is 1. The summed E-state index contributed by atoms with van der Waals surface area (Å²) in [6.07, 6.45) is 2.05. The minimum Gasteiger partial charge on any atom is -0.345 e. The zero-order valence-electron chi connectivity index (χ0n) is 18.2. The zero-order valence-corrected chi connectivity index (χ0v) is 20.6. The van der Waals surface area contributed by atoms with Crippen LogP contribution in [0.25, 0.3) is 10.7 Å². The lowest BCUT2D eigenvalue weighted by Gasteiger charge is -2.13. The lowest BCUT2D eigenvalue weighted by molar-refractivity contribution is 0.0796. The molecule has 0 spiro atoms. The molecule has 1 N–H and O–H groups in total. The average molecular weight is 493 g/mol. The van der Waals surface area contributed by atoms with E-state index in [2.05, 4.69) is 9.71 Å².